The van der Waals surface area contributed by atoms with Crippen molar-refractivity contribution in [1.82, 2.24) is 9.13 Å². The molecule has 1 aliphatic carbocycles. The fourth-order valence-corrected chi connectivity index (χ4v) is 7.86. The van der Waals surface area contributed by atoms with E-state index in [2.05, 4.69) is 118 Å². The van der Waals surface area contributed by atoms with Crippen molar-refractivity contribution in [3.8, 4) is 35.0 Å². The highest BCUT2D eigenvalue weighted by Crippen LogP contribution is 2.42. The lowest BCUT2D eigenvalue weighted by Crippen LogP contribution is -2.14. The molecule has 0 saturated carbocycles. The van der Waals surface area contributed by atoms with Crippen LogP contribution in [0.5, 0.6) is 0 Å². The predicted molar refractivity (Wildman–Crippen MR) is 200 cm³/mol. The zero-order valence-corrected chi connectivity index (χ0v) is 26.9. The van der Waals surface area contributed by atoms with E-state index in [1.54, 1.807) is 0 Å². The molecule has 5 heteroatoms. The number of aromatic nitrogens is 2. The van der Waals surface area contributed by atoms with E-state index >= 15 is 0 Å². The Morgan fingerprint density at radius 3 is 2.02 bits per heavy atom. The summed E-state index contributed by atoms with van der Waals surface area (Å²) in [5.74, 6) is 0. The van der Waals surface area contributed by atoms with E-state index in [9.17, 15) is 15.8 Å². The normalized spacial score (nSPS) is 14.3. The number of hydrogen-bond acceptors (Lipinski definition) is 3. The number of nitriles is 3. The summed E-state index contributed by atoms with van der Waals surface area (Å²) < 4.78 is 4.48. The fourth-order valence-electron chi connectivity index (χ4n) is 7.86. The van der Waals surface area contributed by atoms with Gasteiger partial charge in [0.25, 0.3) is 0 Å². The Morgan fingerprint density at radius 1 is 0.560 bits per heavy atom. The third kappa shape index (κ3) is 4.30. The number of rotatable bonds is 4. The van der Waals surface area contributed by atoms with Crippen LogP contribution >= 0.6 is 0 Å². The Labute approximate surface area is 288 Å². The van der Waals surface area contributed by atoms with Crippen molar-refractivity contribution in [2.75, 3.05) is 0 Å². The summed E-state index contributed by atoms with van der Waals surface area (Å²) in [5.41, 5.74) is 10.6. The van der Waals surface area contributed by atoms with Crippen molar-refractivity contribution in [1.29, 1.82) is 15.8 Å². The van der Waals surface area contributed by atoms with Crippen molar-refractivity contribution in [2.45, 2.75) is 12.5 Å². The minimum absolute atomic E-state index is 0.152. The Bertz CT molecular complexity index is 2840. The smallest absolute Gasteiger partial charge is 0.101 e. The summed E-state index contributed by atoms with van der Waals surface area (Å²) in [6, 6.07) is 52.0. The van der Waals surface area contributed by atoms with Gasteiger partial charge in [0.2, 0.25) is 0 Å². The average Bonchev–Trinajstić information content (AvgIpc) is 3.70. The van der Waals surface area contributed by atoms with E-state index in [1.165, 1.54) is 10.8 Å². The molecule has 0 amide bonds. The SMILES string of the molecule is N#CC1=C(c2cccc(-c3ccccc3-n3c4ccc(C#N)cc4c4cccc(C#N)c43)c2)C=CCC1n1c2ccccc2c2ccccc21. The first-order valence-electron chi connectivity index (χ1n) is 16.6. The number of fused-ring (bicyclic) bond motifs is 6. The highest BCUT2D eigenvalue weighted by atomic mass is 15.0. The molecule has 0 radical (unpaired) electrons. The van der Waals surface area contributed by atoms with Gasteiger partial charge in [0.05, 0.1) is 51.6 Å². The van der Waals surface area contributed by atoms with Crippen LogP contribution in [0.2, 0.25) is 0 Å². The molecule has 0 fully saturated rings. The van der Waals surface area contributed by atoms with Crippen LogP contribution in [0.1, 0.15) is 29.2 Å². The van der Waals surface area contributed by atoms with Crippen LogP contribution < -0.4 is 0 Å². The minimum Gasteiger partial charge on any atom is -0.332 e. The molecule has 0 bridgehead atoms. The first-order chi connectivity index (χ1) is 24.7. The Kier molecular flexibility index (Phi) is 6.70. The van der Waals surface area contributed by atoms with E-state index in [0.29, 0.717) is 11.1 Å². The van der Waals surface area contributed by atoms with Crippen LogP contribution in [0.4, 0.5) is 0 Å². The van der Waals surface area contributed by atoms with Crippen LogP contribution in [0.3, 0.4) is 0 Å². The maximum Gasteiger partial charge on any atom is 0.101 e. The molecule has 0 saturated heterocycles. The van der Waals surface area contributed by atoms with E-state index in [1.807, 2.05) is 54.6 Å². The molecule has 0 aliphatic heterocycles. The second-order valence-corrected chi connectivity index (χ2v) is 12.6. The molecule has 1 atom stereocenters. The summed E-state index contributed by atoms with van der Waals surface area (Å²) in [6.45, 7) is 0. The van der Waals surface area contributed by atoms with E-state index < -0.39 is 0 Å². The molecule has 9 rings (SSSR count). The third-order valence-electron chi connectivity index (χ3n) is 9.98. The highest BCUT2D eigenvalue weighted by Gasteiger charge is 2.26. The molecule has 1 unspecified atom stereocenters. The first kappa shape index (κ1) is 29.0. The number of allylic oxidation sites excluding steroid dienone is 4. The average molecular weight is 638 g/mol. The first-order valence-corrected chi connectivity index (χ1v) is 16.6. The van der Waals surface area contributed by atoms with Gasteiger partial charge in [0.15, 0.2) is 0 Å². The van der Waals surface area contributed by atoms with Gasteiger partial charge in [-0.2, -0.15) is 15.8 Å². The zero-order chi connectivity index (χ0) is 33.8. The standard InChI is InChI=1S/C45H27N5/c46-26-29-22-23-44-38(24-29)37-17-8-12-32(27-47)45(37)50(44)40-18-4-1-13-34(40)31-11-7-10-30(25-31)33-16-9-21-43(39(33)28-48)49-41-19-5-2-14-35(41)36-15-3-6-20-42(36)49/h1-20,22-25,43H,21H2. The van der Waals surface area contributed by atoms with Gasteiger partial charge >= 0.3 is 0 Å². The fraction of sp³-hybridized carbons (Fsp3) is 0.0444. The lowest BCUT2D eigenvalue weighted by molar-refractivity contribution is 0.629. The molecule has 2 heterocycles. The zero-order valence-electron chi connectivity index (χ0n) is 26.9. The van der Waals surface area contributed by atoms with Crippen LogP contribution in [-0.4, -0.2) is 9.13 Å². The largest absolute Gasteiger partial charge is 0.332 e. The number of benzene rings is 6. The quantitative estimate of drug-likeness (QED) is 0.193. The third-order valence-corrected chi connectivity index (χ3v) is 9.98. The maximum absolute atomic E-state index is 10.8. The Morgan fingerprint density at radius 2 is 1.26 bits per heavy atom. The van der Waals surface area contributed by atoms with Gasteiger partial charge in [0, 0.05) is 38.1 Å². The monoisotopic (exact) mass is 637 g/mol. The summed E-state index contributed by atoms with van der Waals surface area (Å²) in [5, 5.41) is 34.9. The van der Waals surface area contributed by atoms with Gasteiger partial charge in [-0.25, -0.2) is 0 Å². The van der Waals surface area contributed by atoms with Crippen molar-refractivity contribution in [3.63, 3.8) is 0 Å². The summed E-state index contributed by atoms with van der Waals surface area (Å²) in [4.78, 5) is 0. The minimum atomic E-state index is -0.152. The van der Waals surface area contributed by atoms with Crippen molar-refractivity contribution in [2.24, 2.45) is 0 Å². The summed E-state index contributed by atoms with van der Waals surface area (Å²) >= 11 is 0. The lowest BCUT2D eigenvalue weighted by Gasteiger charge is -2.25. The molecular formula is C45H27N5. The van der Waals surface area contributed by atoms with E-state index in [0.717, 1.165) is 72.8 Å². The highest BCUT2D eigenvalue weighted by molar-refractivity contribution is 6.12. The summed E-state index contributed by atoms with van der Waals surface area (Å²) in [7, 11) is 0. The van der Waals surface area contributed by atoms with E-state index in [4.69, 9.17) is 0 Å². The Hall–Kier alpha value is -7.13. The van der Waals surface area contributed by atoms with Gasteiger partial charge in [0.1, 0.15) is 6.07 Å². The van der Waals surface area contributed by atoms with Crippen molar-refractivity contribution in [3.05, 3.63) is 168 Å². The number of nitrogens with zero attached hydrogens (tertiary/aromatic N) is 5. The van der Waals surface area contributed by atoms with Crippen molar-refractivity contribution < 1.29 is 0 Å². The Balaban J connectivity index is 1.23. The van der Waals surface area contributed by atoms with Crippen LogP contribution in [0.25, 0.3) is 66.0 Å². The lowest BCUT2D eigenvalue weighted by atomic mass is 9.88. The topological polar surface area (TPSA) is 81.2 Å². The number of hydrogen-bond donors (Lipinski definition) is 0. The van der Waals surface area contributed by atoms with Gasteiger partial charge in [-0.15, -0.1) is 0 Å². The molecule has 0 spiro atoms. The van der Waals surface area contributed by atoms with Crippen LogP contribution in [0, 0.1) is 34.0 Å². The second-order valence-electron chi connectivity index (χ2n) is 12.6. The maximum atomic E-state index is 10.8. The molecule has 0 N–H and O–H groups in total. The second kappa shape index (κ2) is 11.5. The van der Waals surface area contributed by atoms with Crippen LogP contribution in [-0.2, 0) is 0 Å². The van der Waals surface area contributed by atoms with Gasteiger partial charge in [-0.05, 0) is 71.7 Å². The molecule has 5 nitrogen and oxygen atoms in total. The van der Waals surface area contributed by atoms with Gasteiger partial charge in [-0.1, -0.05) is 97.1 Å². The number of para-hydroxylation sites is 4. The molecular weight excluding hydrogens is 611 g/mol. The van der Waals surface area contributed by atoms with Gasteiger partial charge in [-0.3, -0.25) is 0 Å². The van der Waals surface area contributed by atoms with Crippen molar-refractivity contribution >= 4 is 49.2 Å². The van der Waals surface area contributed by atoms with Gasteiger partial charge < -0.3 is 9.13 Å². The van der Waals surface area contributed by atoms with E-state index in [-0.39, 0.29) is 6.04 Å². The molecule has 232 valence electrons. The van der Waals surface area contributed by atoms with Crippen LogP contribution in [0.15, 0.2) is 151 Å². The summed E-state index contributed by atoms with van der Waals surface area (Å²) in [6.07, 6.45) is 5.00. The molecule has 8 aromatic rings. The molecule has 6 aromatic carbocycles. The molecule has 50 heavy (non-hydrogen) atoms. The molecule has 2 aromatic heterocycles. The predicted octanol–water partition coefficient (Wildman–Crippen LogP) is 10.8. The molecule has 1 aliphatic rings.